The van der Waals surface area contributed by atoms with Crippen LogP contribution >= 0.6 is 0 Å². The second kappa shape index (κ2) is 6.65. The Morgan fingerprint density at radius 2 is 2.00 bits per heavy atom. The third kappa shape index (κ3) is 3.21. The normalized spacial score (nSPS) is 18.1. The lowest BCUT2D eigenvalue weighted by molar-refractivity contribution is 0.312. The van der Waals surface area contributed by atoms with Crippen molar-refractivity contribution in [2.75, 3.05) is 13.6 Å². The summed E-state index contributed by atoms with van der Waals surface area (Å²) in [5, 5.41) is 1.45. The second-order valence-corrected chi connectivity index (χ2v) is 8.33. The van der Waals surface area contributed by atoms with Gasteiger partial charge in [-0.05, 0) is 85.7 Å². The number of pyridine rings is 1. The molecule has 3 heterocycles. The van der Waals surface area contributed by atoms with Gasteiger partial charge < -0.3 is 9.47 Å². The molecule has 0 radical (unpaired) electrons. The summed E-state index contributed by atoms with van der Waals surface area (Å²) < 4.78 is 2.45. The number of hydrogen-bond acceptors (Lipinski definition) is 2. The Bertz CT molecular complexity index is 1010. The topological polar surface area (TPSA) is 21.1 Å². The highest BCUT2D eigenvalue weighted by Crippen LogP contribution is 2.36. The largest absolute Gasteiger partial charge is 0.320 e. The number of aromatic nitrogens is 2. The molecule has 0 N–H and O–H groups in total. The molecule has 138 valence electrons. The van der Waals surface area contributed by atoms with E-state index in [4.69, 9.17) is 0 Å². The van der Waals surface area contributed by atoms with Gasteiger partial charge in [0.25, 0.3) is 0 Å². The summed E-state index contributed by atoms with van der Waals surface area (Å²) in [6.07, 6.45) is 11.2. The lowest BCUT2D eigenvalue weighted by Crippen LogP contribution is -2.26. The zero-order valence-corrected chi connectivity index (χ0v) is 16.3. The molecule has 1 aliphatic carbocycles. The highest BCUT2D eigenvalue weighted by Gasteiger charge is 2.24. The predicted molar refractivity (Wildman–Crippen MR) is 112 cm³/mol. The minimum Gasteiger partial charge on any atom is -0.320 e. The molecule has 3 heteroatoms. The van der Waals surface area contributed by atoms with Gasteiger partial charge in [0, 0.05) is 49.2 Å². The SMILES string of the molecule is C/C(=C\n1c2c(c3cc(CC4CC4)ccc31)CN(C)CC2)c1ccncc1. The molecule has 27 heavy (non-hydrogen) atoms. The van der Waals surface area contributed by atoms with Gasteiger partial charge in [-0.3, -0.25) is 4.98 Å². The van der Waals surface area contributed by atoms with Crippen LogP contribution in [0.25, 0.3) is 22.7 Å². The van der Waals surface area contributed by atoms with E-state index >= 15 is 0 Å². The van der Waals surface area contributed by atoms with Crippen LogP contribution in [0.3, 0.4) is 0 Å². The first-order chi connectivity index (χ1) is 13.2. The monoisotopic (exact) mass is 357 g/mol. The Kier molecular flexibility index (Phi) is 4.13. The summed E-state index contributed by atoms with van der Waals surface area (Å²) >= 11 is 0. The van der Waals surface area contributed by atoms with Crippen molar-refractivity contribution >= 4 is 22.7 Å². The summed E-state index contributed by atoms with van der Waals surface area (Å²) in [4.78, 5) is 6.60. The molecule has 0 amide bonds. The van der Waals surface area contributed by atoms with Crippen LogP contribution in [-0.2, 0) is 19.4 Å². The predicted octanol–water partition coefficient (Wildman–Crippen LogP) is 4.99. The lowest BCUT2D eigenvalue weighted by Gasteiger charge is -2.23. The third-order valence-electron chi connectivity index (χ3n) is 6.12. The van der Waals surface area contributed by atoms with Gasteiger partial charge in [0.15, 0.2) is 0 Å². The van der Waals surface area contributed by atoms with Crippen LogP contribution in [0.4, 0.5) is 0 Å². The van der Waals surface area contributed by atoms with E-state index in [2.05, 4.69) is 65.0 Å². The summed E-state index contributed by atoms with van der Waals surface area (Å²) in [6.45, 7) is 4.37. The smallest absolute Gasteiger partial charge is 0.0529 e. The van der Waals surface area contributed by atoms with Crippen LogP contribution in [0.5, 0.6) is 0 Å². The van der Waals surface area contributed by atoms with Crippen molar-refractivity contribution in [1.82, 2.24) is 14.5 Å². The van der Waals surface area contributed by atoms with Crippen molar-refractivity contribution in [2.45, 2.75) is 39.2 Å². The molecule has 1 aromatic carbocycles. The van der Waals surface area contributed by atoms with Gasteiger partial charge in [-0.2, -0.15) is 0 Å². The standard InChI is InChI=1S/C24H27N3/c1-17(20-7-10-25-11-8-20)15-27-23-6-5-19(13-18-3-4-18)14-21(23)22-16-26(2)12-9-24(22)27/h5-8,10-11,14-15,18H,3-4,9,12-13,16H2,1-2H3/b17-15+. The average Bonchev–Trinajstić information content (AvgIpc) is 3.46. The maximum absolute atomic E-state index is 4.15. The third-order valence-corrected chi connectivity index (χ3v) is 6.12. The molecule has 1 saturated carbocycles. The molecular weight excluding hydrogens is 330 g/mol. The van der Waals surface area contributed by atoms with Crippen LogP contribution in [0.15, 0.2) is 42.7 Å². The number of benzene rings is 1. The van der Waals surface area contributed by atoms with Gasteiger partial charge in [0.05, 0.1) is 5.52 Å². The number of hydrogen-bond donors (Lipinski definition) is 0. The molecule has 0 atom stereocenters. The van der Waals surface area contributed by atoms with E-state index in [0.717, 1.165) is 25.4 Å². The van der Waals surface area contributed by atoms with Crippen molar-refractivity contribution in [3.63, 3.8) is 0 Å². The Balaban J connectivity index is 1.64. The fourth-order valence-electron chi connectivity index (χ4n) is 4.39. The van der Waals surface area contributed by atoms with Crippen LogP contribution in [0, 0.1) is 5.92 Å². The molecule has 2 aliphatic rings. The van der Waals surface area contributed by atoms with E-state index < -0.39 is 0 Å². The first kappa shape index (κ1) is 16.8. The van der Waals surface area contributed by atoms with Crippen molar-refractivity contribution in [2.24, 2.45) is 5.92 Å². The number of likely N-dealkylation sites (N-methyl/N-ethyl adjacent to an activating group) is 1. The van der Waals surface area contributed by atoms with E-state index in [1.807, 2.05) is 12.4 Å². The molecule has 1 fully saturated rings. The van der Waals surface area contributed by atoms with Crippen molar-refractivity contribution in [3.05, 3.63) is 65.1 Å². The van der Waals surface area contributed by atoms with E-state index in [9.17, 15) is 0 Å². The average molecular weight is 358 g/mol. The van der Waals surface area contributed by atoms with E-state index in [0.29, 0.717) is 0 Å². The Morgan fingerprint density at radius 1 is 1.19 bits per heavy atom. The lowest BCUT2D eigenvalue weighted by atomic mass is 10.0. The molecular formula is C24H27N3. The van der Waals surface area contributed by atoms with Gasteiger partial charge in [-0.25, -0.2) is 0 Å². The van der Waals surface area contributed by atoms with Gasteiger partial charge in [0.1, 0.15) is 0 Å². The Morgan fingerprint density at radius 3 is 2.78 bits per heavy atom. The molecule has 0 spiro atoms. The number of fused-ring (bicyclic) bond motifs is 3. The molecule has 0 unspecified atom stereocenters. The number of nitrogens with zero attached hydrogens (tertiary/aromatic N) is 3. The van der Waals surface area contributed by atoms with Crippen LogP contribution < -0.4 is 0 Å². The van der Waals surface area contributed by atoms with E-state index in [1.165, 1.54) is 58.1 Å². The first-order valence-corrected chi connectivity index (χ1v) is 10.1. The van der Waals surface area contributed by atoms with E-state index in [-0.39, 0.29) is 0 Å². The first-order valence-electron chi connectivity index (χ1n) is 10.1. The van der Waals surface area contributed by atoms with Gasteiger partial charge in [0.2, 0.25) is 0 Å². The van der Waals surface area contributed by atoms with Crippen molar-refractivity contribution < 1.29 is 0 Å². The molecule has 2 aromatic heterocycles. The van der Waals surface area contributed by atoms with Crippen molar-refractivity contribution in [3.8, 4) is 0 Å². The molecule has 3 aromatic rings. The Hall–Kier alpha value is -2.39. The van der Waals surface area contributed by atoms with Crippen LogP contribution in [0.2, 0.25) is 0 Å². The molecule has 0 bridgehead atoms. The number of allylic oxidation sites excluding steroid dienone is 1. The van der Waals surface area contributed by atoms with E-state index in [1.54, 1.807) is 0 Å². The molecule has 0 saturated heterocycles. The summed E-state index contributed by atoms with van der Waals surface area (Å²) in [6, 6.07) is 11.3. The van der Waals surface area contributed by atoms with Gasteiger partial charge in [-0.15, -0.1) is 0 Å². The maximum Gasteiger partial charge on any atom is 0.0529 e. The Labute approximate surface area is 161 Å². The highest BCUT2D eigenvalue weighted by molar-refractivity contribution is 5.90. The van der Waals surface area contributed by atoms with Gasteiger partial charge >= 0.3 is 0 Å². The van der Waals surface area contributed by atoms with Crippen LogP contribution in [-0.4, -0.2) is 28.0 Å². The minimum absolute atomic E-state index is 0.928. The molecule has 3 nitrogen and oxygen atoms in total. The zero-order chi connectivity index (χ0) is 18.4. The highest BCUT2D eigenvalue weighted by atomic mass is 15.1. The fraction of sp³-hybridized carbons (Fsp3) is 0.375. The number of rotatable bonds is 4. The quantitative estimate of drug-likeness (QED) is 0.655. The maximum atomic E-state index is 4.15. The van der Waals surface area contributed by atoms with Gasteiger partial charge in [-0.1, -0.05) is 6.07 Å². The zero-order valence-electron chi connectivity index (χ0n) is 16.3. The van der Waals surface area contributed by atoms with Crippen LogP contribution in [0.1, 0.15) is 42.1 Å². The molecule has 5 rings (SSSR count). The summed E-state index contributed by atoms with van der Waals surface area (Å²) in [5.74, 6) is 0.928. The second-order valence-electron chi connectivity index (χ2n) is 8.33. The molecule has 1 aliphatic heterocycles. The minimum atomic E-state index is 0.928. The van der Waals surface area contributed by atoms with Crippen molar-refractivity contribution in [1.29, 1.82) is 0 Å². The summed E-state index contributed by atoms with van der Waals surface area (Å²) in [5.41, 5.74) is 8.38. The fourth-order valence-corrected chi connectivity index (χ4v) is 4.39. The summed E-state index contributed by atoms with van der Waals surface area (Å²) in [7, 11) is 2.23.